The highest BCUT2D eigenvalue weighted by molar-refractivity contribution is 5.89. The fourth-order valence-electron chi connectivity index (χ4n) is 1.75. The average molecular weight is 248 g/mol. The van der Waals surface area contributed by atoms with Crippen molar-refractivity contribution < 1.29 is 9.66 Å². The highest BCUT2D eigenvalue weighted by Gasteiger charge is 2.14. The van der Waals surface area contributed by atoms with Gasteiger partial charge < -0.3 is 10.2 Å². The first-order chi connectivity index (χ1) is 8.56. The molecule has 18 heavy (non-hydrogen) atoms. The fourth-order valence-corrected chi connectivity index (χ4v) is 1.75. The molecule has 0 fully saturated rings. The lowest BCUT2D eigenvalue weighted by atomic mass is 10.1. The number of nitrogens with two attached hydrogens (primary N) is 1. The zero-order valence-corrected chi connectivity index (χ0v) is 9.93. The molecular weight excluding hydrogens is 236 g/mol. The van der Waals surface area contributed by atoms with Crippen LogP contribution >= 0.6 is 0 Å². The van der Waals surface area contributed by atoms with Crippen molar-refractivity contribution in [2.45, 2.75) is 6.92 Å². The van der Waals surface area contributed by atoms with Crippen LogP contribution in [0.1, 0.15) is 5.56 Å². The maximum Gasteiger partial charge on any atom is 0.273 e. The SMILES string of the molecule is COc1cc([N+](=O)[O-])cc2cc(C)c(NN)nc12. The number of rotatable bonds is 3. The predicted octanol–water partition coefficient (Wildman–Crippen LogP) is 1.75. The summed E-state index contributed by atoms with van der Waals surface area (Å²) in [7, 11) is 1.44. The standard InChI is InChI=1S/C11H12N4O3/c1-6-3-7-4-8(15(16)17)5-9(18-2)10(7)13-11(6)14-12/h3-5H,12H2,1-2H3,(H,13,14). The summed E-state index contributed by atoms with van der Waals surface area (Å²) in [4.78, 5) is 14.6. The zero-order valence-electron chi connectivity index (χ0n) is 9.93. The van der Waals surface area contributed by atoms with E-state index in [2.05, 4.69) is 10.4 Å². The van der Waals surface area contributed by atoms with E-state index in [-0.39, 0.29) is 5.69 Å². The number of methoxy groups -OCH3 is 1. The number of nitro groups is 1. The van der Waals surface area contributed by atoms with Gasteiger partial charge in [-0.05, 0) is 18.6 Å². The van der Waals surface area contributed by atoms with Crippen molar-refractivity contribution in [3.8, 4) is 5.75 Å². The van der Waals surface area contributed by atoms with Gasteiger partial charge in [0.2, 0.25) is 0 Å². The van der Waals surface area contributed by atoms with Crippen molar-refractivity contribution in [1.29, 1.82) is 0 Å². The maximum atomic E-state index is 10.8. The number of hydrazine groups is 1. The summed E-state index contributed by atoms with van der Waals surface area (Å²) in [5, 5.41) is 11.5. The van der Waals surface area contributed by atoms with Crippen LogP contribution in [0.3, 0.4) is 0 Å². The van der Waals surface area contributed by atoms with Crippen molar-refractivity contribution in [3.05, 3.63) is 33.9 Å². The van der Waals surface area contributed by atoms with Crippen LogP contribution < -0.4 is 16.0 Å². The number of aryl methyl sites for hydroxylation is 1. The average Bonchev–Trinajstić information content (AvgIpc) is 2.36. The molecule has 0 bridgehead atoms. The number of non-ortho nitro benzene ring substituents is 1. The molecule has 0 atom stereocenters. The molecule has 0 spiro atoms. The Kier molecular flexibility index (Phi) is 2.99. The lowest BCUT2D eigenvalue weighted by Gasteiger charge is -2.09. The topological polar surface area (TPSA) is 103 Å². The zero-order chi connectivity index (χ0) is 13.3. The van der Waals surface area contributed by atoms with Crippen molar-refractivity contribution >= 4 is 22.4 Å². The Hall–Kier alpha value is -2.41. The molecule has 0 unspecified atom stereocenters. The summed E-state index contributed by atoms with van der Waals surface area (Å²) in [6, 6.07) is 4.57. The molecule has 94 valence electrons. The largest absolute Gasteiger partial charge is 0.494 e. The third kappa shape index (κ3) is 1.91. The number of nitro benzene ring substituents is 1. The molecule has 1 heterocycles. The third-order valence-electron chi connectivity index (χ3n) is 2.63. The second-order valence-corrected chi connectivity index (χ2v) is 3.78. The van der Waals surface area contributed by atoms with E-state index in [1.54, 1.807) is 6.07 Å². The van der Waals surface area contributed by atoms with Crippen molar-refractivity contribution in [3.63, 3.8) is 0 Å². The number of nitrogens with zero attached hydrogens (tertiary/aromatic N) is 2. The van der Waals surface area contributed by atoms with Gasteiger partial charge in [-0.1, -0.05) is 0 Å². The molecule has 2 aromatic rings. The van der Waals surface area contributed by atoms with Gasteiger partial charge in [0.15, 0.2) is 5.75 Å². The Morgan fingerprint density at radius 2 is 2.17 bits per heavy atom. The molecule has 7 nitrogen and oxygen atoms in total. The van der Waals surface area contributed by atoms with E-state index in [1.807, 2.05) is 6.92 Å². The van der Waals surface area contributed by atoms with E-state index in [0.29, 0.717) is 22.5 Å². The molecule has 0 amide bonds. The van der Waals surface area contributed by atoms with Crippen LogP contribution in [0, 0.1) is 17.0 Å². The molecule has 0 aliphatic rings. The first-order valence-electron chi connectivity index (χ1n) is 5.17. The number of nitrogens with one attached hydrogen (secondary N) is 1. The summed E-state index contributed by atoms with van der Waals surface area (Å²) >= 11 is 0. The minimum atomic E-state index is -0.466. The van der Waals surface area contributed by atoms with E-state index >= 15 is 0 Å². The highest BCUT2D eigenvalue weighted by Crippen LogP contribution is 2.31. The number of hydrogen-bond donors (Lipinski definition) is 2. The van der Waals surface area contributed by atoms with Gasteiger partial charge in [-0.25, -0.2) is 10.8 Å². The molecule has 0 aliphatic heterocycles. The van der Waals surface area contributed by atoms with Crippen LogP contribution in [-0.2, 0) is 0 Å². The number of ether oxygens (including phenoxy) is 1. The molecule has 3 N–H and O–H groups in total. The minimum Gasteiger partial charge on any atom is -0.494 e. The number of aromatic nitrogens is 1. The molecule has 1 aromatic heterocycles. The van der Waals surface area contributed by atoms with Gasteiger partial charge in [0.1, 0.15) is 11.3 Å². The number of nitrogen functional groups attached to an aromatic ring is 1. The summed E-state index contributed by atoms with van der Waals surface area (Å²) < 4.78 is 5.12. The summed E-state index contributed by atoms with van der Waals surface area (Å²) in [6.45, 7) is 1.81. The first-order valence-corrected chi connectivity index (χ1v) is 5.17. The Morgan fingerprint density at radius 3 is 2.72 bits per heavy atom. The first kappa shape index (κ1) is 12.1. The van der Waals surface area contributed by atoms with Crippen LogP contribution in [0.2, 0.25) is 0 Å². The van der Waals surface area contributed by atoms with Crippen LogP contribution in [0.5, 0.6) is 5.75 Å². The van der Waals surface area contributed by atoms with Gasteiger partial charge in [-0.15, -0.1) is 0 Å². The van der Waals surface area contributed by atoms with Gasteiger partial charge in [-0.2, -0.15) is 0 Å². The molecule has 1 aromatic carbocycles. The third-order valence-corrected chi connectivity index (χ3v) is 2.63. The normalized spacial score (nSPS) is 10.4. The highest BCUT2D eigenvalue weighted by atomic mass is 16.6. The van der Waals surface area contributed by atoms with Crippen LogP contribution in [0.4, 0.5) is 11.5 Å². The second kappa shape index (κ2) is 4.46. The molecule has 0 saturated carbocycles. The molecule has 7 heteroatoms. The van der Waals surface area contributed by atoms with E-state index < -0.39 is 4.92 Å². The van der Waals surface area contributed by atoms with Gasteiger partial charge in [-0.3, -0.25) is 10.1 Å². The summed E-state index contributed by atoms with van der Waals surface area (Å²) in [6.07, 6.45) is 0. The number of hydrogen-bond acceptors (Lipinski definition) is 6. The lowest BCUT2D eigenvalue weighted by molar-refractivity contribution is -0.384. The van der Waals surface area contributed by atoms with Crippen LogP contribution in [0.15, 0.2) is 18.2 Å². The molecule has 0 radical (unpaired) electrons. The molecule has 0 aliphatic carbocycles. The smallest absolute Gasteiger partial charge is 0.273 e. The molecule has 0 saturated heterocycles. The van der Waals surface area contributed by atoms with E-state index in [0.717, 1.165) is 5.56 Å². The van der Waals surface area contributed by atoms with Gasteiger partial charge in [0.25, 0.3) is 5.69 Å². The van der Waals surface area contributed by atoms with Crippen molar-refractivity contribution in [2.75, 3.05) is 12.5 Å². The summed E-state index contributed by atoms with van der Waals surface area (Å²) in [5.74, 6) is 6.20. The van der Waals surface area contributed by atoms with Crippen molar-refractivity contribution in [1.82, 2.24) is 4.98 Å². The number of fused-ring (bicyclic) bond motifs is 1. The van der Waals surface area contributed by atoms with Gasteiger partial charge in [0.05, 0.1) is 18.1 Å². The predicted molar refractivity (Wildman–Crippen MR) is 67.5 cm³/mol. The fraction of sp³-hybridized carbons (Fsp3) is 0.182. The monoisotopic (exact) mass is 248 g/mol. The quantitative estimate of drug-likeness (QED) is 0.487. The number of benzene rings is 1. The summed E-state index contributed by atoms with van der Waals surface area (Å²) in [5.41, 5.74) is 3.77. The van der Waals surface area contributed by atoms with Crippen LogP contribution in [-0.4, -0.2) is 17.0 Å². The lowest BCUT2D eigenvalue weighted by Crippen LogP contribution is -2.10. The van der Waals surface area contributed by atoms with E-state index in [1.165, 1.54) is 19.2 Å². The van der Waals surface area contributed by atoms with Crippen LogP contribution in [0.25, 0.3) is 10.9 Å². The second-order valence-electron chi connectivity index (χ2n) is 3.78. The number of pyridine rings is 1. The Labute approximate surface area is 103 Å². The van der Waals surface area contributed by atoms with E-state index in [9.17, 15) is 10.1 Å². The van der Waals surface area contributed by atoms with E-state index in [4.69, 9.17) is 10.6 Å². The molecular formula is C11H12N4O3. The Balaban J connectivity index is 2.79. The molecule has 2 rings (SSSR count). The van der Waals surface area contributed by atoms with Crippen molar-refractivity contribution in [2.24, 2.45) is 5.84 Å². The minimum absolute atomic E-state index is 0.0333. The van der Waals surface area contributed by atoms with Gasteiger partial charge in [0, 0.05) is 11.5 Å². The maximum absolute atomic E-state index is 10.8. The Morgan fingerprint density at radius 1 is 1.44 bits per heavy atom. The Bertz CT molecular complexity index is 627. The number of anilines is 1. The van der Waals surface area contributed by atoms with Gasteiger partial charge >= 0.3 is 0 Å².